The molecule has 1 heterocycles. The summed E-state index contributed by atoms with van der Waals surface area (Å²) in [6.07, 6.45) is 1.41. The Morgan fingerprint density at radius 1 is 1.06 bits per heavy atom. The van der Waals surface area contributed by atoms with Gasteiger partial charge in [-0.25, -0.2) is 0 Å². The quantitative estimate of drug-likeness (QED) is 0.406. The van der Waals surface area contributed by atoms with Crippen LogP contribution in [0.25, 0.3) is 0 Å². The highest BCUT2D eigenvalue weighted by atomic mass is 35.5. The molecule has 0 saturated heterocycles. The number of anilines is 2. The smallest absolute Gasteiger partial charge is 0.291 e. The summed E-state index contributed by atoms with van der Waals surface area (Å²) in [5, 5.41) is 8.46. The first-order valence-corrected chi connectivity index (χ1v) is 10.9. The lowest BCUT2D eigenvalue weighted by atomic mass is 9.87. The molecule has 9 heteroatoms. The zero-order valence-electron chi connectivity index (χ0n) is 18.4. The Morgan fingerprint density at radius 3 is 2.39 bits per heavy atom. The third kappa shape index (κ3) is 7.06. The molecule has 3 aromatic rings. The van der Waals surface area contributed by atoms with Crippen molar-refractivity contribution in [1.29, 1.82) is 0 Å². The second kappa shape index (κ2) is 10.5. The maximum absolute atomic E-state index is 12.2. The Bertz CT molecular complexity index is 1140. The summed E-state index contributed by atoms with van der Waals surface area (Å²) in [6, 6.07) is 15.6. The van der Waals surface area contributed by atoms with Crippen molar-refractivity contribution in [3.05, 3.63) is 77.2 Å². The van der Waals surface area contributed by atoms with Gasteiger partial charge in [0.05, 0.1) is 17.0 Å². The molecule has 0 aliphatic heterocycles. The fraction of sp³-hybridized carbons (Fsp3) is 0.208. The SMILES string of the molecule is CC(C)(C)c1ccc(OCC(=O)NC(=S)Nc2ccc(NC(=O)c3ccco3)c(Cl)c2)cc1. The summed E-state index contributed by atoms with van der Waals surface area (Å²) in [5.74, 6) is -0.0558. The molecule has 33 heavy (non-hydrogen) atoms. The first-order valence-electron chi connectivity index (χ1n) is 10.1. The van der Waals surface area contributed by atoms with Gasteiger partial charge in [0, 0.05) is 5.69 Å². The van der Waals surface area contributed by atoms with Crippen LogP contribution in [0.3, 0.4) is 0 Å². The van der Waals surface area contributed by atoms with Gasteiger partial charge in [-0.2, -0.15) is 0 Å². The number of rotatable bonds is 6. The molecule has 0 radical (unpaired) electrons. The number of carbonyl (C=O) groups excluding carboxylic acids is 2. The van der Waals surface area contributed by atoms with Crippen LogP contribution in [0.5, 0.6) is 5.75 Å². The van der Waals surface area contributed by atoms with Crippen LogP contribution in [0.15, 0.2) is 65.3 Å². The summed E-state index contributed by atoms with van der Waals surface area (Å²) in [6.45, 7) is 6.20. The van der Waals surface area contributed by atoms with E-state index in [0.717, 1.165) is 0 Å². The van der Waals surface area contributed by atoms with Gasteiger partial charge in [0.2, 0.25) is 0 Å². The number of ether oxygens (including phenoxy) is 1. The molecule has 7 nitrogen and oxygen atoms in total. The van der Waals surface area contributed by atoms with Gasteiger partial charge in [0.1, 0.15) is 5.75 Å². The predicted molar refractivity (Wildman–Crippen MR) is 133 cm³/mol. The maximum Gasteiger partial charge on any atom is 0.291 e. The molecule has 3 N–H and O–H groups in total. The topological polar surface area (TPSA) is 92.6 Å². The predicted octanol–water partition coefficient (Wildman–Crippen LogP) is 5.37. The number of halogens is 1. The highest BCUT2D eigenvalue weighted by molar-refractivity contribution is 7.80. The van der Waals surface area contributed by atoms with Crippen molar-refractivity contribution in [3.8, 4) is 5.75 Å². The van der Waals surface area contributed by atoms with Gasteiger partial charge < -0.3 is 19.8 Å². The van der Waals surface area contributed by atoms with E-state index in [9.17, 15) is 9.59 Å². The second-order valence-corrected chi connectivity index (χ2v) is 9.01. The lowest BCUT2D eigenvalue weighted by Gasteiger charge is -2.19. The Morgan fingerprint density at radius 2 is 1.79 bits per heavy atom. The van der Waals surface area contributed by atoms with Gasteiger partial charge in [-0.1, -0.05) is 44.5 Å². The van der Waals surface area contributed by atoms with E-state index in [4.69, 9.17) is 33.0 Å². The van der Waals surface area contributed by atoms with E-state index >= 15 is 0 Å². The van der Waals surface area contributed by atoms with Gasteiger partial charge in [0.15, 0.2) is 17.5 Å². The van der Waals surface area contributed by atoms with Crippen molar-refractivity contribution in [3.63, 3.8) is 0 Å². The third-order valence-electron chi connectivity index (χ3n) is 4.56. The van der Waals surface area contributed by atoms with Crippen LogP contribution in [-0.2, 0) is 10.2 Å². The van der Waals surface area contributed by atoms with Gasteiger partial charge in [-0.3, -0.25) is 14.9 Å². The summed E-state index contributed by atoms with van der Waals surface area (Å²) in [5.41, 5.74) is 2.17. The first kappa shape index (κ1) is 24.3. The fourth-order valence-corrected chi connectivity index (χ4v) is 3.27. The average Bonchev–Trinajstić information content (AvgIpc) is 3.29. The molecule has 2 amide bonds. The molecule has 0 aliphatic carbocycles. The van der Waals surface area contributed by atoms with E-state index in [2.05, 4.69) is 36.7 Å². The van der Waals surface area contributed by atoms with Crippen LogP contribution in [-0.4, -0.2) is 23.5 Å². The lowest BCUT2D eigenvalue weighted by molar-refractivity contribution is -0.121. The van der Waals surface area contributed by atoms with Crippen molar-refractivity contribution >= 4 is 52.1 Å². The molecule has 1 aromatic heterocycles. The average molecular weight is 486 g/mol. The Kier molecular flexibility index (Phi) is 7.73. The fourth-order valence-electron chi connectivity index (χ4n) is 2.81. The number of benzene rings is 2. The molecule has 0 bridgehead atoms. The van der Waals surface area contributed by atoms with E-state index < -0.39 is 11.8 Å². The molecule has 3 rings (SSSR count). The Hall–Kier alpha value is -3.36. The Balaban J connectivity index is 1.48. The van der Waals surface area contributed by atoms with Crippen LogP contribution in [0.2, 0.25) is 5.02 Å². The molecule has 0 aliphatic rings. The van der Waals surface area contributed by atoms with E-state index in [1.807, 2.05) is 24.3 Å². The normalized spacial score (nSPS) is 10.9. The van der Waals surface area contributed by atoms with Crippen molar-refractivity contribution < 1.29 is 18.7 Å². The zero-order valence-corrected chi connectivity index (χ0v) is 20.0. The van der Waals surface area contributed by atoms with Crippen LogP contribution >= 0.6 is 23.8 Å². The minimum Gasteiger partial charge on any atom is -0.484 e. The van der Waals surface area contributed by atoms with Crippen molar-refractivity contribution in [2.45, 2.75) is 26.2 Å². The van der Waals surface area contributed by atoms with Crippen LogP contribution in [0, 0.1) is 0 Å². The summed E-state index contributed by atoms with van der Waals surface area (Å²) in [7, 11) is 0. The van der Waals surface area contributed by atoms with Crippen molar-refractivity contribution in [2.75, 3.05) is 17.2 Å². The number of hydrogen-bond donors (Lipinski definition) is 3. The highest BCUT2D eigenvalue weighted by Gasteiger charge is 2.14. The van der Waals surface area contributed by atoms with E-state index in [1.165, 1.54) is 11.8 Å². The summed E-state index contributed by atoms with van der Waals surface area (Å²) in [4.78, 5) is 24.2. The molecule has 0 saturated carbocycles. The van der Waals surface area contributed by atoms with Gasteiger partial charge in [-0.15, -0.1) is 0 Å². The molecule has 0 spiro atoms. The van der Waals surface area contributed by atoms with Gasteiger partial charge in [0.25, 0.3) is 11.8 Å². The minimum absolute atomic E-state index is 0.0415. The number of nitrogens with one attached hydrogen (secondary N) is 3. The molecule has 0 unspecified atom stereocenters. The number of hydrogen-bond acceptors (Lipinski definition) is 5. The molecule has 2 aromatic carbocycles. The van der Waals surface area contributed by atoms with Crippen LogP contribution < -0.4 is 20.7 Å². The minimum atomic E-state index is -0.418. The first-order chi connectivity index (χ1) is 15.6. The number of furan rings is 1. The van der Waals surface area contributed by atoms with Crippen molar-refractivity contribution in [2.24, 2.45) is 0 Å². The van der Waals surface area contributed by atoms with E-state index in [1.54, 1.807) is 30.3 Å². The molecular formula is C24H24ClN3O4S. The highest BCUT2D eigenvalue weighted by Crippen LogP contribution is 2.26. The number of carbonyl (C=O) groups is 2. The van der Waals surface area contributed by atoms with Crippen LogP contribution in [0.4, 0.5) is 11.4 Å². The van der Waals surface area contributed by atoms with Crippen molar-refractivity contribution in [1.82, 2.24) is 5.32 Å². The lowest BCUT2D eigenvalue weighted by Crippen LogP contribution is -2.37. The molecular weight excluding hydrogens is 462 g/mol. The zero-order chi connectivity index (χ0) is 24.0. The number of thiocarbonyl (C=S) groups is 1. The van der Waals surface area contributed by atoms with Gasteiger partial charge in [-0.05, 0) is 65.7 Å². The number of amides is 2. The third-order valence-corrected chi connectivity index (χ3v) is 5.08. The van der Waals surface area contributed by atoms with Gasteiger partial charge >= 0.3 is 0 Å². The maximum atomic E-state index is 12.2. The summed E-state index contributed by atoms with van der Waals surface area (Å²) >= 11 is 11.4. The Labute approximate surface area is 202 Å². The largest absolute Gasteiger partial charge is 0.484 e. The standard InChI is InChI=1S/C24H24ClN3O4S/c1-24(2,3)15-6-9-17(10-7-15)32-14-21(29)28-23(33)26-16-8-11-19(18(25)13-16)27-22(30)20-5-4-12-31-20/h4-13H,14H2,1-3H3,(H,27,30)(H2,26,28,29,33). The van der Waals surface area contributed by atoms with Crippen LogP contribution in [0.1, 0.15) is 36.9 Å². The van der Waals surface area contributed by atoms with E-state index in [-0.39, 0.29) is 27.9 Å². The molecule has 172 valence electrons. The second-order valence-electron chi connectivity index (χ2n) is 8.19. The van der Waals surface area contributed by atoms with E-state index in [0.29, 0.717) is 17.1 Å². The summed E-state index contributed by atoms with van der Waals surface area (Å²) < 4.78 is 10.6. The molecule has 0 fully saturated rings. The molecule has 0 atom stereocenters. The monoisotopic (exact) mass is 485 g/mol.